The Kier molecular flexibility index (Phi) is 6.60. The van der Waals surface area contributed by atoms with Gasteiger partial charge >= 0.3 is 0 Å². The van der Waals surface area contributed by atoms with Crippen molar-refractivity contribution in [3.05, 3.63) is 71.8 Å². The van der Waals surface area contributed by atoms with E-state index in [0.717, 1.165) is 43.9 Å². The van der Waals surface area contributed by atoms with Gasteiger partial charge in [0, 0.05) is 26.2 Å². The zero-order chi connectivity index (χ0) is 19.1. The first kappa shape index (κ1) is 19.1. The van der Waals surface area contributed by atoms with E-state index >= 15 is 0 Å². The monoisotopic (exact) mass is 365 g/mol. The molecule has 1 aliphatic rings. The zero-order valence-electron chi connectivity index (χ0n) is 15.8. The van der Waals surface area contributed by atoms with Crippen LogP contribution in [0.3, 0.4) is 0 Å². The van der Waals surface area contributed by atoms with Crippen molar-refractivity contribution in [1.82, 2.24) is 15.1 Å². The lowest BCUT2D eigenvalue weighted by atomic mass is 9.90. The molecule has 0 aliphatic carbocycles. The number of likely N-dealkylation sites (N-methyl/N-ethyl adjacent to an activating group) is 1. The lowest BCUT2D eigenvalue weighted by molar-refractivity contribution is -0.134. The number of hydrogen-bond acceptors (Lipinski definition) is 3. The van der Waals surface area contributed by atoms with Crippen molar-refractivity contribution in [3.63, 3.8) is 0 Å². The second-order valence-corrected chi connectivity index (χ2v) is 6.79. The van der Waals surface area contributed by atoms with Crippen molar-refractivity contribution >= 4 is 11.8 Å². The molecule has 5 nitrogen and oxygen atoms in total. The van der Waals surface area contributed by atoms with E-state index in [1.165, 1.54) is 0 Å². The van der Waals surface area contributed by atoms with E-state index in [9.17, 15) is 9.59 Å². The molecule has 0 aromatic heterocycles. The fraction of sp³-hybridized carbons (Fsp3) is 0.364. The molecule has 2 aromatic rings. The highest BCUT2D eigenvalue weighted by Gasteiger charge is 2.25. The normalized spacial score (nSPS) is 15.0. The van der Waals surface area contributed by atoms with E-state index in [0.29, 0.717) is 0 Å². The highest BCUT2D eigenvalue weighted by atomic mass is 16.2. The molecule has 0 atom stereocenters. The van der Waals surface area contributed by atoms with Crippen LogP contribution in [0.15, 0.2) is 60.7 Å². The summed E-state index contributed by atoms with van der Waals surface area (Å²) in [5, 5.41) is 2.86. The van der Waals surface area contributed by atoms with Crippen LogP contribution < -0.4 is 5.32 Å². The molecule has 0 bridgehead atoms. The van der Waals surface area contributed by atoms with Crippen LogP contribution in [0.4, 0.5) is 0 Å². The Labute approximate surface area is 161 Å². The molecule has 1 heterocycles. The van der Waals surface area contributed by atoms with Crippen LogP contribution in [0.25, 0.3) is 0 Å². The molecule has 27 heavy (non-hydrogen) atoms. The van der Waals surface area contributed by atoms with Crippen molar-refractivity contribution in [2.45, 2.75) is 12.8 Å². The average molecular weight is 365 g/mol. The Hall–Kier alpha value is -2.66. The maximum atomic E-state index is 12.9. The van der Waals surface area contributed by atoms with E-state index in [2.05, 4.69) is 17.1 Å². The number of carbonyl (C=O) groups excluding carboxylic acids is 2. The molecule has 2 amide bonds. The summed E-state index contributed by atoms with van der Waals surface area (Å²) in [4.78, 5) is 29.6. The summed E-state index contributed by atoms with van der Waals surface area (Å²) in [5.41, 5.74) is 1.84. The summed E-state index contributed by atoms with van der Waals surface area (Å²) >= 11 is 0. The van der Waals surface area contributed by atoms with E-state index in [4.69, 9.17) is 0 Å². The number of nitrogens with one attached hydrogen (secondary N) is 1. The van der Waals surface area contributed by atoms with Gasteiger partial charge < -0.3 is 15.1 Å². The van der Waals surface area contributed by atoms with Gasteiger partial charge in [-0.05, 0) is 17.7 Å². The van der Waals surface area contributed by atoms with Crippen molar-refractivity contribution in [2.24, 2.45) is 0 Å². The average Bonchev–Trinajstić information content (AvgIpc) is 2.74. The predicted octanol–water partition coefficient (Wildman–Crippen LogP) is 2.10. The Morgan fingerprint density at radius 2 is 1.41 bits per heavy atom. The first-order valence-corrected chi connectivity index (χ1v) is 9.56. The second kappa shape index (κ2) is 9.33. The minimum absolute atomic E-state index is 0.0148. The van der Waals surface area contributed by atoms with Gasteiger partial charge in [0.2, 0.25) is 11.8 Å². The topological polar surface area (TPSA) is 52.6 Å². The fourth-order valence-electron chi connectivity index (χ4n) is 3.48. The number of hydrogen-bond donors (Lipinski definition) is 1. The first-order valence-electron chi connectivity index (χ1n) is 9.56. The first-order chi connectivity index (χ1) is 13.2. The summed E-state index contributed by atoms with van der Waals surface area (Å²) in [6.45, 7) is 6.42. The van der Waals surface area contributed by atoms with Gasteiger partial charge in [-0.2, -0.15) is 0 Å². The molecule has 5 heteroatoms. The standard InChI is InChI=1S/C22H27N3O2/c1-2-24-13-15-25(16-14-24)20(26)17-23-22(27)21(18-9-5-3-6-10-18)19-11-7-4-8-12-19/h3-12,21H,2,13-17H2,1H3,(H,23,27). The Morgan fingerprint density at radius 3 is 1.89 bits per heavy atom. The molecule has 0 spiro atoms. The second-order valence-electron chi connectivity index (χ2n) is 6.79. The van der Waals surface area contributed by atoms with Crippen LogP contribution >= 0.6 is 0 Å². The lowest BCUT2D eigenvalue weighted by Crippen LogP contribution is -2.51. The minimum atomic E-state index is -0.419. The minimum Gasteiger partial charge on any atom is -0.346 e. The van der Waals surface area contributed by atoms with Gasteiger partial charge in [0.05, 0.1) is 12.5 Å². The summed E-state index contributed by atoms with van der Waals surface area (Å²) < 4.78 is 0. The third kappa shape index (κ3) is 4.95. The Morgan fingerprint density at radius 1 is 0.889 bits per heavy atom. The molecular weight excluding hydrogens is 338 g/mol. The number of carbonyl (C=O) groups is 2. The maximum Gasteiger partial charge on any atom is 0.242 e. The summed E-state index contributed by atoms with van der Waals surface area (Å²) in [5.74, 6) is -0.580. The van der Waals surface area contributed by atoms with Crippen LogP contribution in [0.2, 0.25) is 0 Å². The lowest BCUT2D eigenvalue weighted by Gasteiger charge is -2.34. The SMILES string of the molecule is CCN1CCN(C(=O)CNC(=O)C(c2ccccc2)c2ccccc2)CC1. The zero-order valence-corrected chi connectivity index (χ0v) is 15.8. The number of piperazine rings is 1. The van der Waals surface area contributed by atoms with Gasteiger partial charge in [0.25, 0.3) is 0 Å². The predicted molar refractivity (Wildman–Crippen MR) is 106 cm³/mol. The van der Waals surface area contributed by atoms with Gasteiger partial charge in [0.15, 0.2) is 0 Å². The van der Waals surface area contributed by atoms with E-state index in [-0.39, 0.29) is 18.4 Å². The fourth-order valence-corrected chi connectivity index (χ4v) is 3.48. The van der Waals surface area contributed by atoms with Crippen LogP contribution in [-0.4, -0.2) is 60.9 Å². The number of benzene rings is 2. The summed E-state index contributed by atoms with van der Waals surface area (Å²) in [6.07, 6.45) is 0. The number of rotatable bonds is 6. The Bertz CT molecular complexity index is 701. The Balaban J connectivity index is 1.64. The van der Waals surface area contributed by atoms with Crippen molar-refractivity contribution in [1.29, 1.82) is 0 Å². The van der Waals surface area contributed by atoms with Crippen LogP contribution in [0.1, 0.15) is 24.0 Å². The molecule has 1 aliphatic heterocycles. The van der Waals surface area contributed by atoms with Crippen molar-refractivity contribution < 1.29 is 9.59 Å². The summed E-state index contributed by atoms with van der Waals surface area (Å²) in [6, 6.07) is 19.4. The smallest absolute Gasteiger partial charge is 0.242 e. The van der Waals surface area contributed by atoms with Crippen molar-refractivity contribution in [2.75, 3.05) is 39.3 Å². The molecule has 1 N–H and O–H groups in total. The largest absolute Gasteiger partial charge is 0.346 e. The van der Waals surface area contributed by atoms with Gasteiger partial charge in [-0.15, -0.1) is 0 Å². The quantitative estimate of drug-likeness (QED) is 0.853. The van der Waals surface area contributed by atoms with Gasteiger partial charge in [-0.3, -0.25) is 9.59 Å². The maximum absolute atomic E-state index is 12.9. The number of amides is 2. The molecule has 0 saturated carbocycles. The van der Waals surface area contributed by atoms with Crippen molar-refractivity contribution in [3.8, 4) is 0 Å². The third-order valence-electron chi connectivity index (χ3n) is 5.11. The molecule has 1 saturated heterocycles. The highest BCUT2D eigenvalue weighted by Crippen LogP contribution is 2.24. The summed E-state index contributed by atoms with van der Waals surface area (Å²) in [7, 11) is 0. The van der Waals surface area contributed by atoms with E-state index in [1.807, 2.05) is 65.6 Å². The van der Waals surface area contributed by atoms with Gasteiger partial charge in [0.1, 0.15) is 0 Å². The third-order valence-corrected chi connectivity index (χ3v) is 5.11. The molecular formula is C22H27N3O2. The molecule has 2 aromatic carbocycles. The van der Waals surface area contributed by atoms with Crippen LogP contribution in [-0.2, 0) is 9.59 Å². The molecule has 0 unspecified atom stereocenters. The van der Waals surface area contributed by atoms with E-state index in [1.54, 1.807) is 0 Å². The molecule has 1 fully saturated rings. The molecule has 0 radical (unpaired) electrons. The van der Waals surface area contributed by atoms with Crippen LogP contribution in [0, 0.1) is 0 Å². The number of nitrogens with zero attached hydrogens (tertiary/aromatic N) is 2. The van der Waals surface area contributed by atoms with E-state index < -0.39 is 5.92 Å². The highest BCUT2D eigenvalue weighted by molar-refractivity contribution is 5.90. The molecule has 142 valence electrons. The van der Waals surface area contributed by atoms with Gasteiger partial charge in [-0.1, -0.05) is 67.6 Å². The van der Waals surface area contributed by atoms with Gasteiger partial charge in [-0.25, -0.2) is 0 Å². The molecule has 3 rings (SSSR count). The van der Waals surface area contributed by atoms with Crippen LogP contribution in [0.5, 0.6) is 0 Å².